The Bertz CT molecular complexity index is 534. The number of rotatable bonds is 5. The van der Waals surface area contributed by atoms with Crippen LogP contribution in [0.4, 0.5) is 0 Å². The molecule has 2 rings (SSSR count). The molecule has 3 N–H and O–H groups in total. The average Bonchev–Trinajstić information content (AvgIpc) is 2.88. The molecule has 0 unspecified atom stereocenters. The van der Waals surface area contributed by atoms with Crippen molar-refractivity contribution in [3.8, 4) is 0 Å². The predicted octanol–water partition coefficient (Wildman–Crippen LogP) is 1.13. The molecule has 0 saturated heterocycles. The molecule has 19 heavy (non-hydrogen) atoms. The fourth-order valence-electron chi connectivity index (χ4n) is 2.72. The lowest BCUT2D eigenvalue weighted by molar-refractivity contribution is 0.0951. The van der Waals surface area contributed by atoms with Gasteiger partial charge in [-0.1, -0.05) is 19.8 Å². The molecule has 0 bridgehead atoms. The molecule has 0 radical (unpaired) electrons. The van der Waals surface area contributed by atoms with E-state index < -0.39 is 5.91 Å². The summed E-state index contributed by atoms with van der Waals surface area (Å²) in [6, 6.07) is 1.71. The normalized spacial score (nSPS) is 13.4. The van der Waals surface area contributed by atoms with Crippen LogP contribution in [0.1, 0.15) is 54.2 Å². The van der Waals surface area contributed by atoms with E-state index in [1.165, 1.54) is 0 Å². The zero-order valence-corrected chi connectivity index (χ0v) is 11.4. The number of carbonyl (C=O) groups is 1. The van der Waals surface area contributed by atoms with Gasteiger partial charge >= 0.3 is 0 Å². The number of unbranched alkanes of at least 4 members (excludes halogenated alkanes) is 2. The van der Waals surface area contributed by atoms with Crippen LogP contribution in [-0.4, -0.2) is 10.5 Å². The predicted molar refractivity (Wildman–Crippen MR) is 73.9 cm³/mol. The third-order valence-electron chi connectivity index (χ3n) is 3.71. The number of nitrogens with two attached hydrogens (primary N) is 1. The number of hydrogen-bond donors (Lipinski definition) is 2. The summed E-state index contributed by atoms with van der Waals surface area (Å²) in [6.07, 6.45) is 6.09. The van der Waals surface area contributed by atoms with Gasteiger partial charge in [-0.05, 0) is 37.3 Å². The minimum absolute atomic E-state index is 0.166. The van der Waals surface area contributed by atoms with Crippen molar-refractivity contribution in [1.82, 2.24) is 9.99 Å². The minimum Gasteiger partial charge on any atom is -0.312 e. The first-order chi connectivity index (χ1) is 9.19. The summed E-state index contributed by atoms with van der Waals surface area (Å²) >= 11 is 0. The summed E-state index contributed by atoms with van der Waals surface area (Å²) < 4.78 is 1.78. The Morgan fingerprint density at radius 2 is 2.21 bits per heavy atom. The number of nitrogens with zero attached hydrogens (tertiary/aromatic N) is 1. The van der Waals surface area contributed by atoms with Crippen molar-refractivity contribution in [2.45, 2.75) is 52.0 Å². The van der Waals surface area contributed by atoms with Crippen molar-refractivity contribution in [3.05, 3.63) is 33.2 Å². The van der Waals surface area contributed by atoms with Gasteiger partial charge in [0.2, 0.25) is 0 Å². The van der Waals surface area contributed by atoms with Gasteiger partial charge in [0.15, 0.2) is 0 Å². The first-order valence-corrected chi connectivity index (χ1v) is 6.95. The molecule has 1 heterocycles. The molecule has 1 amide bonds. The van der Waals surface area contributed by atoms with Crippen LogP contribution in [0.2, 0.25) is 0 Å². The summed E-state index contributed by atoms with van der Waals surface area (Å²) in [7, 11) is 0. The number of aryl methyl sites for hydroxylation is 1. The number of hydrogen-bond acceptors (Lipinski definition) is 3. The van der Waals surface area contributed by atoms with Crippen molar-refractivity contribution in [3.63, 3.8) is 0 Å². The third kappa shape index (κ3) is 2.71. The number of pyridine rings is 1. The highest BCUT2D eigenvalue weighted by molar-refractivity contribution is 5.93. The third-order valence-corrected chi connectivity index (χ3v) is 3.71. The molecule has 5 heteroatoms. The molecule has 0 aromatic carbocycles. The van der Waals surface area contributed by atoms with E-state index in [0.29, 0.717) is 6.54 Å². The number of carbonyl (C=O) groups excluding carboxylic acids is 1. The Hall–Kier alpha value is -1.62. The maximum atomic E-state index is 12.4. The maximum absolute atomic E-state index is 12.4. The number of hydrazine groups is 1. The fourth-order valence-corrected chi connectivity index (χ4v) is 2.72. The van der Waals surface area contributed by atoms with Crippen LogP contribution < -0.4 is 16.8 Å². The standard InChI is InChI=1S/C14H21N3O2/c1-2-3-4-8-17-12-7-5-6-10(12)9-11(14(17)19)13(18)16-15/h9H,2-8,15H2,1H3,(H,16,18). The minimum atomic E-state index is -0.496. The van der Waals surface area contributed by atoms with Crippen LogP contribution >= 0.6 is 0 Å². The summed E-state index contributed by atoms with van der Waals surface area (Å²) in [5, 5.41) is 0. The lowest BCUT2D eigenvalue weighted by Gasteiger charge is -2.14. The van der Waals surface area contributed by atoms with Gasteiger partial charge in [-0.2, -0.15) is 0 Å². The Morgan fingerprint density at radius 1 is 1.42 bits per heavy atom. The quantitative estimate of drug-likeness (QED) is 0.362. The zero-order valence-electron chi connectivity index (χ0n) is 11.4. The van der Waals surface area contributed by atoms with E-state index in [2.05, 4.69) is 12.3 Å². The molecule has 1 aromatic heterocycles. The molecular formula is C14H21N3O2. The van der Waals surface area contributed by atoms with Gasteiger partial charge in [-0.15, -0.1) is 0 Å². The fraction of sp³-hybridized carbons (Fsp3) is 0.571. The van der Waals surface area contributed by atoms with E-state index in [1.807, 2.05) is 0 Å². The smallest absolute Gasteiger partial charge is 0.270 e. The summed E-state index contributed by atoms with van der Waals surface area (Å²) in [4.78, 5) is 24.0. The van der Waals surface area contributed by atoms with E-state index >= 15 is 0 Å². The molecule has 1 aliphatic rings. The topological polar surface area (TPSA) is 77.1 Å². The Labute approximate surface area is 112 Å². The summed E-state index contributed by atoms with van der Waals surface area (Å²) in [6.45, 7) is 2.83. The largest absolute Gasteiger partial charge is 0.312 e. The van der Waals surface area contributed by atoms with E-state index in [0.717, 1.165) is 49.8 Å². The van der Waals surface area contributed by atoms with Crippen LogP contribution in [0.15, 0.2) is 10.9 Å². The Morgan fingerprint density at radius 3 is 2.89 bits per heavy atom. The molecule has 5 nitrogen and oxygen atoms in total. The number of nitrogen functional groups attached to an aromatic ring is 1. The van der Waals surface area contributed by atoms with E-state index in [-0.39, 0.29) is 11.1 Å². The number of fused-ring (bicyclic) bond motifs is 1. The molecule has 0 atom stereocenters. The number of aromatic nitrogens is 1. The molecule has 1 aliphatic carbocycles. The molecule has 0 saturated carbocycles. The molecule has 0 aliphatic heterocycles. The van der Waals surface area contributed by atoms with Gasteiger partial charge in [0.1, 0.15) is 5.56 Å². The lowest BCUT2D eigenvalue weighted by Crippen LogP contribution is -2.37. The highest BCUT2D eigenvalue weighted by atomic mass is 16.2. The second kappa shape index (κ2) is 6.02. The Kier molecular flexibility index (Phi) is 4.37. The monoisotopic (exact) mass is 263 g/mol. The highest BCUT2D eigenvalue weighted by Gasteiger charge is 2.21. The molecule has 0 fully saturated rings. The highest BCUT2D eigenvalue weighted by Crippen LogP contribution is 2.21. The van der Waals surface area contributed by atoms with Crippen LogP contribution in [0.25, 0.3) is 0 Å². The molecule has 1 aromatic rings. The first-order valence-electron chi connectivity index (χ1n) is 6.95. The van der Waals surface area contributed by atoms with Crippen molar-refractivity contribution < 1.29 is 4.79 Å². The average molecular weight is 263 g/mol. The molecular weight excluding hydrogens is 242 g/mol. The molecule has 0 spiro atoms. The van der Waals surface area contributed by atoms with Crippen LogP contribution in [0.3, 0.4) is 0 Å². The van der Waals surface area contributed by atoms with Gasteiger partial charge < -0.3 is 4.57 Å². The van der Waals surface area contributed by atoms with Crippen LogP contribution in [-0.2, 0) is 19.4 Å². The van der Waals surface area contributed by atoms with Gasteiger partial charge in [0.05, 0.1) is 0 Å². The van der Waals surface area contributed by atoms with E-state index in [1.54, 1.807) is 10.6 Å². The summed E-state index contributed by atoms with van der Waals surface area (Å²) in [5.41, 5.74) is 4.24. The molecule has 104 valence electrons. The second-order valence-corrected chi connectivity index (χ2v) is 5.02. The van der Waals surface area contributed by atoms with Crippen LogP contribution in [0, 0.1) is 0 Å². The van der Waals surface area contributed by atoms with Gasteiger partial charge in [0, 0.05) is 12.2 Å². The van der Waals surface area contributed by atoms with Crippen molar-refractivity contribution in [2.24, 2.45) is 5.84 Å². The van der Waals surface area contributed by atoms with Gasteiger partial charge in [0.25, 0.3) is 11.5 Å². The SMILES string of the molecule is CCCCCn1c2c(cc(C(=O)NN)c1=O)CCC2. The second-order valence-electron chi connectivity index (χ2n) is 5.02. The summed E-state index contributed by atoms with van der Waals surface area (Å²) in [5.74, 6) is 4.65. The van der Waals surface area contributed by atoms with E-state index in [4.69, 9.17) is 5.84 Å². The van der Waals surface area contributed by atoms with Crippen molar-refractivity contribution in [1.29, 1.82) is 0 Å². The first kappa shape index (κ1) is 13.8. The Balaban J connectivity index is 2.41. The van der Waals surface area contributed by atoms with Crippen LogP contribution in [0.5, 0.6) is 0 Å². The number of nitrogens with one attached hydrogen (secondary N) is 1. The number of amides is 1. The zero-order chi connectivity index (χ0) is 13.8. The van der Waals surface area contributed by atoms with Crippen molar-refractivity contribution in [2.75, 3.05) is 0 Å². The lowest BCUT2D eigenvalue weighted by atomic mass is 10.1. The van der Waals surface area contributed by atoms with Crippen molar-refractivity contribution >= 4 is 5.91 Å². The van der Waals surface area contributed by atoms with Gasteiger partial charge in [-0.3, -0.25) is 15.0 Å². The maximum Gasteiger partial charge on any atom is 0.270 e. The van der Waals surface area contributed by atoms with E-state index in [9.17, 15) is 9.59 Å². The van der Waals surface area contributed by atoms with Gasteiger partial charge in [-0.25, -0.2) is 5.84 Å².